The third kappa shape index (κ3) is 4.09. The molecule has 0 unspecified atom stereocenters. The van der Waals surface area contributed by atoms with Crippen molar-refractivity contribution in [2.45, 2.75) is 20.8 Å². The molecule has 2 rings (SSSR count). The van der Waals surface area contributed by atoms with E-state index >= 15 is 0 Å². The molecule has 0 aliphatic carbocycles. The van der Waals surface area contributed by atoms with Crippen LogP contribution in [0.1, 0.15) is 28.4 Å². The van der Waals surface area contributed by atoms with Crippen molar-refractivity contribution in [1.82, 2.24) is 0 Å². The van der Waals surface area contributed by atoms with Crippen LogP contribution in [0.15, 0.2) is 42.5 Å². The molecule has 0 atom stereocenters. The summed E-state index contributed by atoms with van der Waals surface area (Å²) in [5.41, 5.74) is 2.84. The number of rotatable bonds is 6. The number of aryl methyl sites for hydroxylation is 2. The summed E-state index contributed by atoms with van der Waals surface area (Å²) in [5, 5.41) is 0. The maximum Gasteiger partial charge on any atom is 0.200 e. The highest BCUT2D eigenvalue weighted by Crippen LogP contribution is 2.19. The van der Waals surface area contributed by atoms with E-state index in [4.69, 9.17) is 9.47 Å². The molecule has 0 aliphatic rings. The zero-order chi connectivity index (χ0) is 15.2. The second kappa shape index (κ2) is 6.93. The van der Waals surface area contributed by atoms with Crippen LogP contribution in [-0.4, -0.2) is 19.0 Å². The number of hydrogen-bond donors (Lipinski definition) is 0. The molecule has 0 N–H and O–H groups in total. The topological polar surface area (TPSA) is 35.5 Å². The first-order chi connectivity index (χ1) is 10.1. The van der Waals surface area contributed by atoms with Crippen molar-refractivity contribution in [3.63, 3.8) is 0 Å². The quantitative estimate of drug-likeness (QED) is 0.753. The Labute approximate surface area is 125 Å². The fourth-order valence-corrected chi connectivity index (χ4v) is 2.09. The average molecular weight is 284 g/mol. The van der Waals surface area contributed by atoms with Crippen LogP contribution in [0, 0.1) is 13.8 Å². The summed E-state index contributed by atoms with van der Waals surface area (Å²) in [6, 6.07) is 13.0. The number of carbonyl (C=O) groups is 1. The Hall–Kier alpha value is -2.29. The zero-order valence-electron chi connectivity index (χ0n) is 12.7. The number of carbonyl (C=O) groups excluding carboxylic acids is 1. The van der Waals surface area contributed by atoms with Crippen molar-refractivity contribution in [1.29, 1.82) is 0 Å². The van der Waals surface area contributed by atoms with E-state index in [2.05, 4.69) is 0 Å². The van der Waals surface area contributed by atoms with E-state index in [0.29, 0.717) is 12.2 Å². The first kappa shape index (κ1) is 15.1. The Morgan fingerprint density at radius 2 is 1.71 bits per heavy atom. The molecule has 0 bridgehead atoms. The minimum absolute atomic E-state index is 0.0396. The van der Waals surface area contributed by atoms with Crippen LogP contribution in [0.2, 0.25) is 0 Å². The van der Waals surface area contributed by atoms with Gasteiger partial charge in [0.05, 0.1) is 6.61 Å². The zero-order valence-corrected chi connectivity index (χ0v) is 12.7. The number of benzene rings is 2. The normalized spacial score (nSPS) is 10.2. The van der Waals surface area contributed by atoms with Crippen LogP contribution in [0.5, 0.6) is 11.5 Å². The highest BCUT2D eigenvalue weighted by atomic mass is 16.5. The molecule has 0 radical (unpaired) electrons. The van der Waals surface area contributed by atoms with E-state index in [0.717, 1.165) is 17.1 Å². The molecule has 3 heteroatoms. The van der Waals surface area contributed by atoms with Crippen LogP contribution in [0.25, 0.3) is 0 Å². The van der Waals surface area contributed by atoms with Crippen LogP contribution < -0.4 is 9.47 Å². The molecule has 0 aromatic heterocycles. The number of hydrogen-bond acceptors (Lipinski definition) is 3. The minimum atomic E-state index is -0.0435. The fraction of sp³-hybridized carbons (Fsp3) is 0.278. The van der Waals surface area contributed by atoms with Crippen molar-refractivity contribution in [3.8, 4) is 11.5 Å². The van der Waals surface area contributed by atoms with Gasteiger partial charge in [0.2, 0.25) is 0 Å². The lowest BCUT2D eigenvalue weighted by Gasteiger charge is -2.09. The Morgan fingerprint density at radius 3 is 2.33 bits per heavy atom. The molecule has 0 heterocycles. The van der Waals surface area contributed by atoms with Crippen LogP contribution in [0.4, 0.5) is 0 Å². The van der Waals surface area contributed by atoms with Gasteiger partial charge in [-0.3, -0.25) is 4.79 Å². The van der Waals surface area contributed by atoms with Gasteiger partial charge in [0.15, 0.2) is 12.4 Å². The van der Waals surface area contributed by atoms with Gasteiger partial charge in [-0.05, 0) is 56.7 Å². The van der Waals surface area contributed by atoms with Gasteiger partial charge in [0, 0.05) is 5.56 Å². The molecule has 110 valence electrons. The molecule has 21 heavy (non-hydrogen) atoms. The Bertz CT molecular complexity index is 615. The van der Waals surface area contributed by atoms with E-state index in [1.54, 1.807) is 24.3 Å². The van der Waals surface area contributed by atoms with Crippen molar-refractivity contribution >= 4 is 5.78 Å². The van der Waals surface area contributed by atoms with Crippen molar-refractivity contribution < 1.29 is 14.3 Å². The van der Waals surface area contributed by atoms with Crippen LogP contribution >= 0.6 is 0 Å². The molecule has 3 nitrogen and oxygen atoms in total. The summed E-state index contributed by atoms with van der Waals surface area (Å²) in [4.78, 5) is 12.1. The van der Waals surface area contributed by atoms with Gasteiger partial charge in [0.1, 0.15) is 11.5 Å². The standard InChI is InChI=1S/C18H20O3/c1-4-20-16-8-6-15(7-9-16)17(19)12-21-18-10-5-13(2)11-14(18)3/h5-11H,4,12H2,1-3H3. The first-order valence-corrected chi connectivity index (χ1v) is 7.06. The van der Waals surface area contributed by atoms with Crippen LogP contribution in [-0.2, 0) is 0 Å². The summed E-state index contributed by atoms with van der Waals surface area (Å²) < 4.78 is 11.0. The molecule has 0 aliphatic heterocycles. The monoisotopic (exact) mass is 284 g/mol. The molecule has 2 aromatic rings. The predicted molar refractivity (Wildman–Crippen MR) is 83.4 cm³/mol. The van der Waals surface area contributed by atoms with Crippen molar-refractivity contribution in [2.24, 2.45) is 0 Å². The smallest absolute Gasteiger partial charge is 0.200 e. The maximum atomic E-state index is 12.1. The highest BCUT2D eigenvalue weighted by Gasteiger charge is 2.08. The summed E-state index contributed by atoms with van der Waals surface area (Å²) >= 11 is 0. The Morgan fingerprint density at radius 1 is 1.00 bits per heavy atom. The number of Topliss-reactive ketones (excluding diaryl/α,β-unsaturated/α-hetero) is 1. The third-order valence-electron chi connectivity index (χ3n) is 3.18. The molecule has 0 saturated heterocycles. The van der Waals surface area contributed by atoms with E-state index in [9.17, 15) is 4.79 Å². The molecule has 0 spiro atoms. The van der Waals surface area contributed by atoms with Gasteiger partial charge in [-0.1, -0.05) is 17.7 Å². The van der Waals surface area contributed by atoms with Gasteiger partial charge >= 0.3 is 0 Å². The van der Waals surface area contributed by atoms with Gasteiger partial charge in [0.25, 0.3) is 0 Å². The lowest BCUT2D eigenvalue weighted by molar-refractivity contribution is 0.0921. The number of ketones is 1. The Kier molecular flexibility index (Phi) is 4.99. The average Bonchev–Trinajstić information content (AvgIpc) is 2.47. The maximum absolute atomic E-state index is 12.1. The lowest BCUT2D eigenvalue weighted by atomic mass is 10.1. The molecule has 0 fully saturated rings. The molecule has 0 amide bonds. The van der Waals surface area contributed by atoms with Gasteiger partial charge in [-0.2, -0.15) is 0 Å². The van der Waals surface area contributed by atoms with Gasteiger partial charge < -0.3 is 9.47 Å². The van der Waals surface area contributed by atoms with Gasteiger partial charge in [-0.15, -0.1) is 0 Å². The highest BCUT2D eigenvalue weighted by molar-refractivity contribution is 5.97. The van der Waals surface area contributed by atoms with Crippen molar-refractivity contribution in [2.75, 3.05) is 13.2 Å². The SMILES string of the molecule is CCOc1ccc(C(=O)COc2ccc(C)cc2C)cc1. The molecule has 2 aromatic carbocycles. The third-order valence-corrected chi connectivity index (χ3v) is 3.18. The fourth-order valence-electron chi connectivity index (χ4n) is 2.09. The van der Waals surface area contributed by atoms with E-state index in [1.807, 2.05) is 39.0 Å². The summed E-state index contributed by atoms with van der Waals surface area (Å²) in [7, 11) is 0. The number of ether oxygens (including phenoxy) is 2. The van der Waals surface area contributed by atoms with E-state index < -0.39 is 0 Å². The lowest BCUT2D eigenvalue weighted by Crippen LogP contribution is -2.12. The Balaban J connectivity index is 1.98. The first-order valence-electron chi connectivity index (χ1n) is 7.06. The van der Waals surface area contributed by atoms with E-state index in [1.165, 1.54) is 5.56 Å². The molecular weight excluding hydrogens is 264 g/mol. The summed E-state index contributed by atoms with van der Waals surface area (Å²) in [6.07, 6.45) is 0. The largest absolute Gasteiger partial charge is 0.494 e. The van der Waals surface area contributed by atoms with E-state index in [-0.39, 0.29) is 12.4 Å². The van der Waals surface area contributed by atoms with Crippen molar-refractivity contribution in [3.05, 3.63) is 59.2 Å². The molecular formula is C18H20O3. The second-order valence-corrected chi connectivity index (χ2v) is 4.94. The van der Waals surface area contributed by atoms with Crippen LogP contribution in [0.3, 0.4) is 0 Å². The molecule has 0 saturated carbocycles. The minimum Gasteiger partial charge on any atom is -0.494 e. The second-order valence-electron chi connectivity index (χ2n) is 4.94. The van der Waals surface area contributed by atoms with Gasteiger partial charge in [-0.25, -0.2) is 0 Å². The predicted octanol–water partition coefficient (Wildman–Crippen LogP) is 3.96. The summed E-state index contributed by atoms with van der Waals surface area (Å²) in [6.45, 7) is 6.59. The summed E-state index contributed by atoms with van der Waals surface area (Å²) in [5.74, 6) is 1.47.